The molecular weight excluding hydrogens is 281 g/mol. The molecule has 1 aromatic rings. The van der Waals surface area contributed by atoms with Gasteiger partial charge in [0.1, 0.15) is 5.56 Å². The van der Waals surface area contributed by atoms with Gasteiger partial charge in [-0.1, -0.05) is 0 Å². The molecule has 1 rings (SSSR count). The first kappa shape index (κ1) is 15.9. The highest BCUT2D eigenvalue weighted by Crippen LogP contribution is 2.41. The molecule has 0 bridgehead atoms. The number of ether oxygens (including phenoxy) is 4. The SMILES string of the molecule is CCOC(=O)c1ccc(OCF)c(OCF)c1OCF. The van der Waals surface area contributed by atoms with E-state index in [0.717, 1.165) is 0 Å². The van der Waals surface area contributed by atoms with E-state index >= 15 is 0 Å². The molecule has 0 saturated carbocycles. The zero-order chi connectivity index (χ0) is 15.0. The maximum atomic E-state index is 12.4. The van der Waals surface area contributed by atoms with E-state index in [-0.39, 0.29) is 17.9 Å². The van der Waals surface area contributed by atoms with Gasteiger partial charge in [-0.3, -0.25) is 0 Å². The highest BCUT2D eigenvalue weighted by molar-refractivity contribution is 5.94. The Morgan fingerprint density at radius 3 is 2.15 bits per heavy atom. The van der Waals surface area contributed by atoms with Gasteiger partial charge in [-0.05, 0) is 19.1 Å². The number of halogens is 3. The highest BCUT2D eigenvalue weighted by atomic mass is 19.1. The molecule has 0 saturated heterocycles. The van der Waals surface area contributed by atoms with Crippen molar-refractivity contribution in [2.75, 3.05) is 27.2 Å². The molecule has 0 amide bonds. The van der Waals surface area contributed by atoms with Gasteiger partial charge in [0.15, 0.2) is 11.5 Å². The molecule has 0 radical (unpaired) electrons. The number of hydrogen-bond donors (Lipinski definition) is 0. The Kier molecular flexibility index (Phi) is 6.48. The first-order chi connectivity index (χ1) is 9.69. The third-order valence-electron chi connectivity index (χ3n) is 2.18. The molecule has 5 nitrogen and oxygen atoms in total. The second-order valence-corrected chi connectivity index (χ2v) is 3.25. The van der Waals surface area contributed by atoms with Crippen molar-refractivity contribution in [1.82, 2.24) is 0 Å². The van der Waals surface area contributed by atoms with Crippen molar-refractivity contribution in [3.8, 4) is 17.2 Å². The minimum atomic E-state index is -1.30. The normalized spacial score (nSPS) is 10.0. The molecule has 0 aliphatic rings. The van der Waals surface area contributed by atoms with Crippen LogP contribution in [0.3, 0.4) is 0 Å². The van der Waals surface area contributed by atoms with Crippen molar-refractivity contribution >= 4 is 5.97 Å². The summed E-state index contributed by atoms with van der Waals surface area (Å²) in [5.41, 5.74) is -0.181. The number of rotatable bonds is 8. The molecule has 0 aliphatic heterocycles. The summed E-state index contributed by atoms with van der Waals surface area (Å²) in [6, 6.07) is 2.35. The highest BCUT2D eigenvalue weighted by Gasteiger charge is 2.23. The lowest BCUT2D eigenvalue weighted by atomic mass is 10.1. The van der Waals surface area contributed by atoms with Gasteiger partial charge in [-0.2, -0.15) is 0 Å². The third kappa shape index (κ3) is 3.69. The van der Waals surface area contributed by atoms with Crippen molar-refractivity contribution in [2.45, 2.75) is 6.92 Å². The van der Waals surface area contributed by atoms with E-state index in [9.17, 15) is 18.0 Å². The van der Waals surface area contributed by atoms with Crippen LogP contribution in [-0.4, -0.2) is 33.2 Å². The second kappa shape index (κ2) is 8.13. The van der Waals surface area contributed by atoms with Crippen LogP contribution in [0.4, 0.5) is 13.2 Å². The van der Waals surface area contributed by atoms with E-state index < -0.39 is 38.1 Å². The zero-order valence-corrected chi connectivity index (χ0v) is 10.7. The maximum Gasteiger partial charge on any atom is 0.342 e. The topological polar surface area (TPSA) is 54.0 Å². The fourth-order valence-electron chi connectivity index (χ4n) is 1.48. The lowest BCUT2D eigenvalue weighted by Crippen LogP contribution is -2.10. The van der Waals surface area contributed by atoms with Gasteiger partial charge < -0.3 is 18.9 Å². The summed E-state index contributed by atoms with van der Waals surface area (Å²) in [6.45, 7) is -2.15. The molecule has 0 heterocycles. The van der Waals surface area contributed by atoms with Crippen LogP contribution in [0, 0.1) is 0 Å². The molecule has 0 unspecified atom stereocenters. The smallest absolute Gasteiger partial charge is 0.342 e. The van der Waals surface area contributed by atoms with E-state index in [1.165, 1.54) is 12.1 Å². The minimum Gasteiger partial charge on any atom is -0.462 e. The Morgan fingerprint density at radius 1 is 1.00 bits per heavy atom. The van der Waals surface area contributed by atoms with E-state index in [4.69, 9.17) is 4.74 Å². The lowest BCUT2D eigenvalue weighted by molar-refractivity contribution is 0.0516. The molecule has 0 N–H and O–H groups in total. The zero-order valence-electron chi connectivity index (χ0n) is 10.7. The fraction of sp³-hybridized carbons (Fsp3) is 0.417. The molecule has 0 spiro atoms. The molecule has 112 valence electrons. The summed E-state index contributed by atoms with van der Waals surface area (Å²) in [5, 5.41) is 0. The number of carbonyl (C=O) groups excluding carboxylic acids is 1. The Bertz CT molecular complexity index is 453. The van der Waals surface area contributed by atoms with Crippen LogP contribution in [0.5, 0.6) is 17.2 Å². The Morgan fingerprint density at radius 2 is 1.60 bits per heavy atom. The third-order valence-corrected chi connectivity index (χ3v) is 2.18. The van der Waals surface area contributed by atoms with Crippen LogP contribution in [0.1, 0.15) is 17.3 Å². The average Bonchev–Trinajstić information content (AvgIpc) is 2.43. The van der Waals surface area contributed by atoms with Crippen LogP contribution in [0.15, 0.2) is 12.1 Å². The molecule has 0 aliphatic carbocycles. The molecular formula is C12H13F3O5. The number of benzene rings is 1. The summed E-state index contributed by atoms with van der Waals surface area (Å²) in [4.78, 5) is 11.7. The van der Waals surface area contributed by atoms with Crippen LogP contribution in [-0.2, 0) is 4.74 Å². The summed E-state index contributed by atoms with van der Waals surface area (Å²) in [7, 11) is 0. The van der Waals surface area contributed by atoms with E-state index in [1.54, 1.807) is 6.92 Å². The van der Waals surface area contributed by atoms with E-state index in [1.807, 2.05) is 0 Å². The van der Waals surface area contributed by atoms with Gasteiger partial charge in [0.05, 0.1) is 6.61 Å². The minimum absolute atomic E-state index is 0.0793. The standard InChI is InChI=1S/C12H13F3O5/c1-2-17-12(16)8-3-4-9(18-5-13)11(20-7-15)10(8)19-6-14/h3-4H,2,5-7H2,1H3. The van der Waals surface area contributed by atoms with Gasteiger partial charge >= 0.3 is 5.97 Å². The van der Waals surface area contributed by atoms with Gasteiger partial charge in [0.25, 0.3) is 0 Å². The first-order valence-electron chi connectivity index (χ1n) is 5.59. The number of carbonyl (C=O) groups is 1. The Labute approximate surface area is 113 Å². The van der Waals surface area contributed by atoms with Crippen LogP contribution >= 0.6 is 0 Å². The molecule has 0 atom stereocenters. The van der Waals surface area contributed by atoms with Crippen LogP contribution in [0.25, 0.3) is 0 Å². The van der Waals surface area contributed by atoms with E-state index in [0.29, 0.717) is 0 Å². The summed E-state index contributed by atoms with van der Waals surface area (Å²) < 4.78 is 55.5. The molecule has 20 heavy (non-hydrogen) atoms. The van der Waals surface area contributed by atoms with Gasteiger partial charge in [0.2, 0.25) is 26.3 Å². The average molecular weight is 294 g/mol. The second-order valence-electron chi connectivity index (χ2n) is 3.25. The van der Waals surface area contributed by atoms with Gasteiger partial charge in [-0.15, -0.1) is 0 Å². The quantitative estimate of drug-likeness (QED) is 0.690. The molecule has 0 fully saturated rings. The van der Waals surface area contributed by atoms with Crippen LogP contribution in [0.2, 0.25) is 0 Å². The number of alkyl halides is 3. The summed E-state index contributed by atoms with van der Waals surface area (Å²) in [5.74, 6) is -1.85. The molecule has 1 aromatic carbocycles. The van der Waals surface area contributed by atoms with Crippen LogP contribution < -0.4 is 14.2 Å². The number of esters is 1. The van der Waals surface area contributed by atoms with Crippen molar-refractivity contribution in [1.29, 1.82) is 0 Å². The van der Waals surface area contributed by atoms with Crippen molar-refractivity contribution in [2.24, 2.45) is 0 Å². The number of hydrogen-bond acceptors (Lipinski definition) is 5. The summed E-state index contributed by atoms with van der Waals surface area (Å²) in [6.07, 6.45) is 0. The van der Waals surface area contributed by atoms with Crippen molar-refractivity contribution < 1.29 is 36.9 Å². The summed E-state index contributed by atoms with van der Waals surface area (Å²) >= 11 is 0. The molecule has 0 aromatic heterocycles. The largest absolute Gasteiger partial charge is 0.462 e. The van der Waals surface area contributed by atoms with E-state index in [2.05, 4.69) is 14.2 Å². The Hall–Kier alpha value is -2.12. The van der Waals surface area contributed by atoms with Crippen molar-refractivity contribution in [3.63, 3.8) is 0 Å². The lowest BCUT2D eigenvalue weighted by Gasteiger charge is -2.15. The molecule has 8 heteroatoms. The van der Waals surface area contributed by atoms with Gasteiger partial charge in [0, 0.05) is 0 Å². The Balaban J connectivity index is 3.30. The predicted molar refractivity (Wildman–Crippen MR) is 62.2 cm³/mol. The monoisotopic (exact) mass is 294 g/mol. The fourth-order valence-corrected chi connectivity index (χ4v) is 1.48. The maximum absolute atomic E-state index is 12.4. The first-order valence-corrected chi connectivity index (χ1v) is 5.59. The van der Waals surface area contributed by atoms with Crippen molar-refractivity contribution in [3.05, 3.63) is 17.7 Å². The predicted octanol–water partition coefficient (Wildman–Crippen LogP) is 2.78. The van der Waals surface area contributed by atoms with Gasteiger partial charge in [-0.25, -0.2) is 18.0 Å².